The Labute approximate surface area is 127 Å². The van der Waals surface area contributed by atoms with E-state index in [4.69, 9.17) is 16.0 Å². The van der Waals surface area contributed by atoms with E-state index in [0.717, 1.165) is 28.0 Å². The van der Waals surface area contributed by atoms with Crippen molar-refractivity contribution >= 4 is 34.5 Å². The summed E-state index contributed by atoms with van der Waals surface area (Å²) in [5, 5.41) is 10.0. The Morgan fingerprint density at radius 1 is 1.10 bits per heavy atom. The van der Waals surface area contributed by atoms with Crippen molar-refractivity contribution in [2.24, 2.45) is 10.2 Å². The largest absolute Gasteiger partial charge is 0.455 e. The minimum atomic E-state index is 0.703. The molecule has 1 heterocycles. The zero-order chi connectivity index (χ0) is 14.7. The second-order valence-corrected chi connectivity index (χ2v) is 5.07. The van der Waals surface area contributed by atoms with Gasteiger partial charge in [-0.3, -0.25) is 0 Å². The Bertz CT molecular complexity index is 783. The fraction of sp³-hybridized carbons (Fsp3) is 0.0588. The fourth-order valence-corrected chi connectivity index (χ4v) is 2.07. The van der Waals surface area contributed by atoms with E-state index >= 15 is 0 Å². The molecular formula is C17H13ClN2O. The minimum absolute atomic E-state index is 0.703. The molecule has 0 aliphatic carbocycles. The normalized spacial score (nSPS) is 12.4. The Kier molecular flexibility index (Phi) is 3.84. The maximum atomic E-state index is 5.83. The van der Waals surface area contributed by atoms with Gasteiger partial charge in [-0.2, -0.15) is 10.2 Å². The van der Waals surface area contributed by atoms with Crippen LogP contribution in [0.1, 0.15) is 18.2 Å². The minimum Gasteiger partial charge on any atom is -0.455 e. The number of hydrogen-bond acceptors (Lipinski definition) is 3. The molecule has 0 saturated heterocycles. The average Bonchev–Trinajstić information content (AvgIpc) is 2.93. The van der Waals surface area contributed by atoms with Crippen LogP contribution in [0.25, 0.3) is 11.0 Å². The van der Waals surface area contributed by atoms with Crippen LogP contribution in [0, 0.1) is 0 Å². The van der Waals surface area contributed by atoms with Crippen molar-refractivity contribution < 1.29 is 4.42 Å². The molecule has 0 unspecified atom stereocenters. The van der Waals surface area contributed by atoms with Crippen LogP contribution in [0.2, 0.25) is 5.02 Å². The van der Waals surface area contributed by atoms with E-state index in [1.165, 1.54) is 0 Å². The highest BCUT2D eigenvalue weighted by Crippen LogP contribution is 2.19. The molecule has 3 rings (SSSR count). The number of benzene rings is 2. The van der Waals surface area contributed by atoms with Crippen LogP contribution in [-0.4, -0.2) is 11.9 Å². The SMILES string of the molecule is C/C(=N\N=C\c1ccc(Cl)cc1)c1cc2ccccc2o1. The fourth-order valence-electron chi connectivity index (χ4n) is 1.94. The number of furan rings is 1. The van der Waals surface area contributed by atoms with Gasteiger partial charge in [0.2, 0.25) is 0 Å². The van der Waals surface area contributed by atoms with E-state index in [9.17, 15) is 0 Å². The van der Waals surface area contributed by atoms with Gasteiger partial charge in [0.15, 0.2) is 5.76 Å². The predicted molar refractivity (Wildman–Crippen MR) is 87.5 cm³/mol. The Balaban J connectivity index is 1.80. The van der Waals surface area contributed by atoms with E-state index < -0.39 is 0 Å². The quantitative estimate of drug-likeness (QED) is 0.499. The molecule has 21 heavy (non-hydrogen) atoms. The Morgan fingerprint density at radius 2 is 1.86 bits per heavy atom. The number of fused-ring (bicyclic) bond motifs is 1. The lowest BCUT2D eigenvalue weighted by molar-refractivity contribution is 0.604. The van der Waals surface area contributed by atoms with Crippen LogP contribution in [0.5, 0.6) is 0 Å². The first-order valence-electron chi connectivity index (χ1n) is 6.54. The first-order chi connectivity index (χ1) is 10.2. The summed E-state index contributed by atoms with van der Waals surface area (Å²) in [5.74, 6) is 0.726. The van der Waals surface area contributed by atoms with Gasteiger partial charge in [-0.1, -0.05) is 41.9 Å². The molecule has 0 saturated carbocycles. The summed E-state index contributed by atoms with van der Waals surface area (Å²) in [6.07, 6.45) is 1.68. The standard InChI is InChI=1S/C17H13ClN2O/c1-12(17-10-14-4-2-3-5-16(14)21-17)20-19-11-13-6-8-15(18)9-7-13/h2-11H,1H3/b19-11+,20-12+. The predicted octanol–water partition coefficient (Wildman–Crippen LogP) is 4.93. The van der Waals surface area contributed by atoms with E-state index in [1.807, 2.05) is 61.5 Å². The van der Waals surface area contributed by atoms with Crippen LogP contribution < -0.4 is 0 Å². The Hall–Kier alpha value is -2.39. The highest BCUT2D eigenvalue weighted by Gasteiger charge is 2.05. The zero-order valence-corrected chi connectivity index (χ0v) is 12.2. The third-order valence-corrected chi connectivity index (χ3v) is 3.32. The third kappa shape index (κ3) is 3.20. The molecule has 1 aromatic heterocycles. The maximum absolute atomic E-state index is 5.83. The van der Waals surface area contributed by atoms with Crippen molar-refractivity contribution in [3.8, 4) is 0 Å². The molecule has 104 valence electrons. The van der Waals surface area contributed by atoms with Gasteiger partial charge >= 0.3 is 0 Å². The van der Waals surface area contributed by atoms with Crippen molar-refractivity contribution in [3.63, 3.8) is 0 Å². The summed E-state index contributed by atoms with van der Waals surface area (Å²) in [6.45, 7) is 1.87. The lowest BCUT2D eigenvalue weighted by Crippen LogP contribution is -1.90. The first-order valence-corrected chi connectivity index (χ1v) is 6.92. The summed E-state index contributed by atoms with van der Waals surface area (Å²) in [5.41, 5.74) is 2.53. The van der Waals surface area contributed by atoms with Gasteiger partial charge < -0.3 is 4.42 Å². The summed E-state index contributed by atoms with van der Waals surface area (Å²) in [6, 6.07) is 17.2. The number of rotatable bonds is 3. The second-order valence-electron chi connectivity index (χ2n) is 4.63. The number of para-hydroxylation sites is 1. The van der Waals surface area contributed by atoms with Gasteiger partial charge in [0.05, 0.1) is 6.21 Å². The van der Waals surface area contributed by atoms with Crippen molar-refractivity contribution in [2.75, 3.05) is 0 Å². The summed E-state index contributed by atoms with van der Waals surface area (Å²) in [7, 11) is 0. The van der Waals surface area contributed by atoms with Gasteiger partial charge in [-0.05, 0) is 36.8 Å². The maximum Gasteiger partial charge on any atom is 0.151 e. The van der Waals surface area contributed by atoms with Crippen LogP contribution >= 0.6 is 11.6 Å². The van der Waals surface area contributed by atoms with Gasteiger partial charge in [0.1, 0.15) is 11.3 Å². The smallest absolute Gasteiger partial charge is 0.151 e. The molecule has 0 aliphatic rings. The van der Waals surface area contributed by atoms with E-state index in [2.05, 4.69) is 10.2 Å². The summed E-state index contributed by atoms with van der Waals surface area (Å²) in [4.78, 5) is 0. The highest BCUT2D eigenvalue weighted by molar-refractivity contribution is 6.30. The molecule has 0 aliphatic heterocycles. The van der Waals surface area contributed by atoms with E-state index in [0.29, 0.717) is 5.02 Å². The highest BCUT2D eigenvalue weighted by atomic mass is 35.5. The molecule has 3 aromatic rings. The molecule has 0 fully saturated rings. The molecule has 0 radical (unpaired) electrons. The van der Waals surface area contributed by atoms with Crippen molar-refractivity contribution in [1.82, 2.24) is 0 Å². The van der Waals surface area contributed by atoms with Crippen LogP contribution in [-0.2, 0) is 0 Å². The van der Waals surface area contributed by atoms with Crippen LogP contribution in [0.15, 0.2) is 69.2 Å². The molecule has 0 spiro atoms. The first kappa shape index (κ1) is 13.6. The molecular weight excluding hydrogens is 284 g/mol. The average molecular weight is 297 g/mol. The third-order valence-electron chi connectivity index (χ3n) is 3.07. The van der Waals surface area contributed by atoms with E-state index in [1.54, 1.807) is 6.21 Å². The van der Waals surface area contributed by atoms with Crippen LogP contribution in [0.3, 0.4) is 0 Å². The van der Waals surface area contributed by atoms with Gasteiger partial charge in [-0.25, -0.2) is 0 Å². The van der Waals surface area contributed by atoms with Gasteiger partial charge in [-0.15, -0.1) is 0 Å². The number of nitrogens with zero attached hydrogens (tertiary/aromatic N) is 2. The number of halogens is 1. The Morgan fingerprint density at radius 3 is 2.62 bits per heavy atom. The summed E-state index contributed by atoms with van der Waals surface area (Å²) < 4.78 is 5.73. The van der Waals surface area contributed by atoms with Gasteiger partial charge in [0.25, 0.3) is 0 Å². The molecule has 0 N–H and O–H groups in total. The lowest BCUT2D eigenvalue weighted by atomic mass is 10.2. The monoisotopic (exact) mass is 296 g/mol. The molecule has 4 heteroatoms. The van der Waals surface area contributed by atoms with Gasteiger partial charge in [0, 0.05) is 10.4 Å². The molecule has 0 bridgehead atoms. The topological polar surface area (TPSA) is 37.9 Å². The molecule has 0 amide bonds. The van der Waals surface area contributed by atoms with Crippen molar-refractivity contribution in [2.45, 2.75) is 6.92 Å². The molecule has 3 nitrogen and oxygen atoms in total. The summed E-state index contributed by atoms with van der Waals surface area (Å²) >= 11 is 5.83. The lowest BCUT2D eigenvalue weighted by Gasteiger charge is -1.93. The number of hydrogen-bond donors (Lipinski definition) is 0. The molecule has 2 aromatic carbocycles. The second kappa shape index (κ2) is 5.94. The van der Waals surface area contributed by atoms with E-state index in [-0.39, 0.29) is 0 Å². The van der Waals surface area contributed by atoms with Crippen LogP contribution in [0.4, 0.5) is 0 Å². The van der Waals surface area contributed by atoms with Crippen molar-refractivity contribution in [1.29, 1.82) is 0 Å². The molecule has 0 atom stereocenters. The van der Waals surface area contributed by atoms with Crippen molar-refractivity contribution in [3.05, 3.63) is 70.9 Å². The zero-order valence-electron chi connectivity index (χ0n) is 11.5.